The molecule has 0 amide bonds. The van der Waals surface area contributed by atoms with E-state index in [0.717, 1.165) is 32.5 Å². The molecule has 3 nitrogen and oxygen atoms in total. The molecule has 0 bridgehead atoms. The molecular formula is C13H12N2OS. The average Bonchev–Trinajstić information content (AvgIpc) is 2.80. The normalized spacial score (nSPS) is 11.4. The largest absolute Gasteiger partial charge is 0.301 e. The molecule has 0 aliphatic carbocycles. The van der Waals surface area contributed by atoms with Gasteiger partial charge in [-0.3, -0.25) is 4.79 Å². The van der Waals surface area contributed by atoms with Crippen LogP contribution >= 0.6 is 11.3 Å². The summed E-state index contributed by atoms with van der Waals surface area (Å²) in [6, 6.07) is 7.68. The van der Waals surface area contributed by atoms with Gasteiger partial charge in [-0.05, 0) is 12.5 Å². The smallest absolute Gasteiger partial charge is 0.259 e. The minimum atomic E-state index is 0.0550. The first kappa shape index (κ1) is 10.5. The number of hydrogen-bond acceptors (Lipinski definition) is 3. The van der Waals surface area contributed by atoms with Crippen LogP contribution in [0.15, 0.2) is 29.1 Å². The van der Waals surface area contributed by atoms with Gasteiger partial charge in [0.05, 0.1) is 5.01 Å². The highest BCUT2D eigenvalue weighted by atomic mass is 32.1. The standard InChI is InChI=1S/C13H12N2OS/c1-3-10-14-11-8-6-4-5-7-9(8)12(16)15(2)13(11)17-10/h4-7H,3H2,1-2H3. The highest BCUT2D eigenvalue weighted by Crippen LogP contribution is 2.26. The van der Waals surface area contributed by atoms with Crippen LogP contribution in [0.1, 0.15) is 11.9 Å². The Morgan fingerprint density at radius 3 is 2.71 bits per heavy atom. The van der Waals surface area contributed by atoms with E-state index in [1.807, 2.05) is 31.3 Å². The number of aromatic nitrogens is 2. The maximum atomic E-state index is 12.2. The van der Waals surface area contributed by atoms with Crippen molar-refractivity contribution in [3.63, 3.8) is 0 Å². The Balaban J connectivity index is 2.63. The number of fused-ring (bicyclic) bond motifs is 3. The van der Waals surface area contributed by atoms with E-state index in [4.69, 9.17) is 0 Å². The third-order valence-corrected chi connectivity index (χ3v) is 4.25. The molecular weight excluding hydrogens is 232 g/mol. The van der Waals surface area contributed by atoms with Crippen molar-refractivity contribution in [3.05, 3.63) is 39.6 Å². The minimum Gasteiger partial charge on any atom is -0.301 e. The lowest BCUT2D eigenvalue weighted by Gasteiger charge is -2.02. The lowest BCUT2D eigenvalue weighted by Crippen LogP contribution is -2.16. The third-order valence-electron chi connectivity index (χ3n) is 2.98. The molecule has 0 saturated heterocycles. The van der Waals surface area contributed by atoms with Crippen molar-refractivity contribution in [2.75, 3.05) is 0 Å². The first-order chi connectivity index (χ1) is 8.22. The zero-order chi connectivity index (χ0) is 12.0. The van der Waals surface area contributed by atoms with Gasteiger partial charge in [0, 0.05) is 17.8 Å². The van der Waals surface area contributed by atoms with E-state index in [9.17, 15) is 4.79 Å². The quantitative estimate of drug-likeness (QED) is 0.659. The Hall–Kier alpha value is -1.68. The van der Waals surface area contributed by atoms with Crippen LogP contribution in [0.5, 0.6) is 0 Å². The number of aryl methyl sites for hydroxylation is 2. The number of pyridine rings is 1. The number of benzene rings is 1. The van der Waals surface area contributed by atoms with E-state index in [2.05, 4.69) is 11.9 Å². The molecule has 0 aliphatic rings. The molecule has 0 spiro atoms. The van der Waals surface area contributed by atoms with E-state index in [-0.39, 0.29) is 5.56 Å². The van der Waals surface area contributed by atoms with Crippen LogP contribution in [0, 0.1) is 0 Å². The van der Waals surface area contributed by atoms with Gasteiger partial charge in [0.1, 0.15) is 10.3 Å². The highest BCUT2D eigenvalue weighted by molar-refractivity contribution is 7.18. The molecule has 0 saturated carbocycles. The summed E-state index contributed by atoms with van der Waals surface area (Å²) in [6.45, 7) is 2.08. The van der Waals surface area contributed by atoms with Crippen LogP contribution in [0.3, 0.4) is 0 Å². The summed E-state index contributed by atoms with van der Waals surface area (Å²) in [5.74, 6) is 0. The van der Waals surface area contributed by atoms with Crippen LogP contribution in [-0.2, 0) is 13.5 Å². The van der Waals surface area contributed by atoms with E-state index < -0.39 is 0 Å². The summed E-state index contributed by atoms with van der Waals surface area (Å²) in [4.78, 5) is 17.8. The molecule has 3 rings (SSSR count). The van der Waals surface area contributed by atoms with Crippen LogP contribution < -0.4 is 5.56 Å². The van der Waals surface area contributed by atoms with Gasteiger partial charge >= 0.3 is 0 Å². The Morgan fingerprint density at radius 1 is 1.29 bits per heavy atom. The zero-order valence-electron chi connectivity index (χ0n) is 9.73. The molecule has 0 aliphatic heterocycles. The first-order valence-corrected chi connectivity index (χ1v) is 6.41. The summed E-state index contributed by atoms with van der Waals surface area (Å²) < 4.78 is 1.70. The molecule has 0 fully saturated rings. The van der Waals surface area contributed by atoms with Crippen molar-refractivity contribution in [1.29, 1.82) is 0 Å². The molecule has 2 heterocycles. The van der Waals surface area contributed by atoms with Crippen molar-refractivity contribution in [1.82, 2.24) is 9.55 Å². The lowest BCUT2D eigenvalue weighted by atomic mass is 10.1. The molecule has 3 aromatic rings. The predicted octanol–water partition coefficient (Wildman–Crippen LogP) is 2.71. The summed E-state index contributed by atoms with van der Waals surface area (Å²) >= 11 is 1.60. The van der Waals surface area contributed by atoms with Gasteiger partial charge in [0.2, 0.25) is 0 Å². The third kappa shape index (κ3) is 1.41. The van der Waals surface area contributed by atoms with Crippen LogP contribution in [-0.4, -0.2) is 9.55 Å². The molecule has 0 atom stereocenters. The molecule has 17 heavy (non-hydrogen) atoms. The minimum absolute atomic E-state index is 0.0550. The van der Waals surface area contributed by atoms with Crippen molar-refractivity contribution in [3.8, 4) is 0 Å². The fourth-order valence-electron chi connectivity index (χ4n) is 2.06. The van der Waals surface area contributed by atoms with Crippen molar-refractivity contribution < 1.29 is 0 Å². The van der Waals surface area contributed by atoms with Crippen LogP contribution in [0.25, 0.3) is 21.1 Å². The fraction of sp³-hybridized carbons (Fsp3) is 0.231. The van der Waals surface area contributed by atoms with Gasteiger partial charge in [0.25, 0.3) is 5.56 Å². The summed E-state index contributed by atoms with van der Waals surface area (Å²) in [5.41, 5.74) is 1.00. The maximum Gasteiger partial charge on any atom is 0.259 e. The van der Waals surface area contributed by atoms with Crippen molar-refractivity contribution in [2.45, 2.75) is 13.3 Å². The molecule has 86 valence electrons. The van der Waals surface area contributed by atoms with Gasteiger partial charge in [-0.15, -0.1) is 11.3 Å². The van der Waals surface area contributed by atoms with Gasteiger partial charge < -0.3 is 4.57 Å². The second kappa shape index (κ2) is 3.67. The highest BCUT2D eigenvalue weighted by Gasteiger charge is 2.12. The van der Waals surface area contributed by atoms with E-state index in [1.165, 1.54) is 0 Å². The molecule has 0 radical (unpaired) electrons. The Bertz CT molecular complexity index is 770. The summed E-state index contributed by atoms with van der Waals surface area (Å²) in [7, 11) is 1.81. The second-order valence-electron chi connectivity index (χ2n) is 4.02. The Morgan fingerprint density at radius 2 is 2.00 bits per heavy atom. The molecule has 4 heteroatoms. The number of thiazole rings is 1. The second-order valence-corrected chi connectivity index (χ2v) is 5.09. The van der Waals surface area contributed by atoms with Gasteiger partial charge in [-0.2, -0.15) is 0 Å². The zero-order valence-corrected chi connectivity index (χ0v) is 10.5. The Labute approximate surface area is 102 Å². The average molecular weight is 244 g/mol. The predicted molar refractivity (Wildman–Crippen MR) is 71.7 cm³/mol. The Kier molecular flexibility index (Phi) is 2.26. The number of rotatable bonds is 1. The molecule has 0 N–H and O–H groups in total. The monoisotopic (exact) mass is 244 g/mol. The van der Waals surface area contributed by atoms with Gasteiger partial charge in [-0.25, -0.2) is 4.98 Å². The van der Waals surface area contributed by atoms with Crippen LogP contribution in [0.4, 0.5) is 0 Å². The summed E-state index contributed by atoms with van der Waals surface area (Å²) in [6.07, 6.45) is 0.905. The fourth-order valence-corrected chi connectivity index (χ4v) is 3.03. The van der Waals surface area contributed by atoms with Crippen molar-refractivity contribution >= 4 is 32.5 Å². The van der Waals surface area contributed by atoms with Crippen molar-refractivity contribution in [2.24, 2.45) is 7.05 Å². The number of nitrogens with zero attached hydrogens (tertiary/aromatic N) is 2. The summed E-state index contributed by atoms with van der Waals surface area (Å²) in [5, 5.41) is 2.78. The number of hydrogen-bond donors (Lipinski definition) is 0. The van der Waals surface area contributed by atoms with Crippen LogP contribution in [0.2, 0.25) is 0 Å². The van der Waals surface area contributed by atoms with E-state index >= 15 is 0 Å². The topological polar surface area (TPSA) is 34.9 Å². The molecule has 1 aromatic carbocycles. The maximum absolute atomic E-state index is 12.2. The van der Waals surface area contributed by atoms with E-state index in [0.29, 0.717) is 0 Å². The van der Waals surface area contributed by atoms with E-state index in [1.54, 1.807) is 15.9 Å². The SMILES string of the molecule is CCc1nc2c3ccccc3c(=O)n(C)c2s1. The van der Waals surface area contributed by atoms with Gasteiger partial charge in [0.15, 0.2) is 0 Å². The first-order valence-electron chi connectivity index (χ1n) is 5.59. The lowest BCUT2D eigenvalue weighted by molar-refractivity contribution is 0.926. The molecule has 0 unspecified atom stereocenters. The molecule has 2 aromatic heterocycles. The van der Waals surface area contributed by atoms with Gasteiger partial charge in [-0.1, -0.05) is 25.1 Å².